The van der Waals surface area contributed by atoms with Gasteiger partial charge >= 0.3 is 6.09 Å². The summed E-state index contributed by atoms with van der Waals surface area (Å²) in [5.74, 6) is -0.713. The van der Waals surface area contributed by atoms with Gasteiger partial charge in [-0.3, -0.25) is 4.79 Å². The highest BCUT2D eigenvalue weighted by Crippen LogP contribution is 2.26. The quantitative estimate of drug-likeness (QED) is 0.678. The SMILES string of the molecule is N#C[C@@H](NC(=O)[C@@H]1CCCC[C@H]1NC(=O)OCc1ccccc1)c1cccc(O)c1. The number of carbonyl (C=O) groups excluding carboxylic acids is 2. The topological polar surface area (TPSA) is 111 Å². The molecular weight excluding hydrogens is 382 g/mol. The summed E-state index contributed by atoms with van der Waals surface area (Å²) >= 11 is 0. The third-order valence-corrected chi connectivity index (χ3v) is 5.24. The fourth-order valence-corrected chi connectivity index (χ4v) is 3.68. The molecule has 0 unspecified atom stereocenters. The third kappa shape index (κ3) is 5.74. The number of hydrogen-bond acceptors (Lipinski definition) is 5. The van der Waals surface area contributed by atoms with Crippen LogP contribution >= 0.6 is 0 Å². The second-order valence-electron chi connectivity index (χ2n) is 7.37. The van der Waals surface area contributed by atoms with Gasteiger partial charge in [-0.1, -0.05) is 55.3 Å². The van der Waals surface area contributed by atoms with Crippen LogP contribution in [0.4, 0.5) is 4.79 Å². The summed E-state index contributed by atoms with van der Waals surface area (Å²) in [5.41, 5.74) is 1.39. The molecule has 2 aromatic rings. The summed E-state index contributed by atoms with van der Waals surface area (Å²) in [4.78, 5) is 25.1. The van der Waals surface area contributed by atoms with Crippen LogP contribution in [0.25, 0.3) is 0 Å². The molecule has 7 heteroatoms. The van der Waals surface area contributed by atoms with E-state index in [1.54, 1.807) is 12.1 Å². The molecule has 0 aliphatic heterocycles. The first-order valence-electron chi connectivity index (χ1n) is 10.0. The molecule has 0 saturated heterocycles. The van der Waals surface area contributed by atoms with Crippen molar-refractivity contribution in [3.8, 4) is 11.8 Å². The van der Waals surface area contributed by atoms with Gasteiger partial charge in [0.2, 0.25) is 5.91 Å². The molecule has 1 aliphatic rings. The fraction of sp³-hybridized carbons (Fsp3) is 0.348. The van der Waals surface area contributed by atoms with Crippen LogP contribution in [0.1, 0.15) is 42.9 Å². The number of aromatic hydroxyl groups is 1. The van der Waals surface area contributed by atoms with Crippen molar-refractivity contribution >= 4 is 12.0 Å². The molecule has 156 valence electrons. The Morgan fingerprint density at radius 2 is 1.90 bits per heavy atom. The lowest BCUT2D eigenvalue weighted by atomic mass is 9.83. The minimum absolute atomic E-state index is 0.0281. The van der Waals surface area contributed by atoms with Crippen LogP contribution in [0.15, 0.2) is 54.6 Å². The van der Waals surface area contributed by atoms with E-state index in [1.807, 2.05) is 30.3 Å². The largest absolute Gasteiger partial charge is 0.508 e. The summed E-state index contributed by atoms with van der Waals surface area (Å²) in [7, 11) is 0. The smallest absolute Gasteiger partial charge is 0.407 e. The van der Waals surface area contributed by atoms with E-state index in [2.05, 4.69) is 16.7 Å². The second-order valence-corrected chi connectivity index (χ2v) is 7.37. The first-order chi connectivity index (χ1) is 14.6. The zero-order valence-corrected chi connectivity index (χ0v) is 16.6. The van der Waals surface area contributed by atoms with Crippen LogP contribution in [0.2, 0.25) is 0 Å². The van der Waals surface area contributed by atoms with Crippen molar-refractivity contribution < 1.29 is 19.4 Å². The van der Waals surface area contributed by atoms with Crippen LogP contribution in [0, 0.1) is 17.2 Å². The number of rotatable bonds is 6. The number of phenolic OH excluding ortho intramolecular Hbond substituents is 1. The van der Waals surface area contributed by atoms with Gasteiger partial charge in [0.1, 0.15) is 18.4 Å². The van der Waals surface area contributed by atoms with E-state index in [9.17, 15) is 20.0 Å². The Morgan fingerprint density at radius 3 is 2.63 bits per heavy atom. The lowest BCUT2D eigenvalue weighted by Gasteiger charge is -2.31. The van der Waals surface area contributed by atoms with Gasteiger partial charge in [-0.2, -0.15) is 5.26 Å². The average Bonchev–Trinajstić information content (AvgIpc) is 2.77. The van der Waals surface area contributed by atoms with Crippen molar-refractivity contribution in [1.82, 2.24) is 10.6 Å². The molecule has 0 aromatic heterocycles. The van der Waals surface area contributed by atoms with E-state index in [4.69, 9.17) is 4.74 Å². The average molecular weight is 407 g/mol. The number of alkyl carbamates (subject to hydrolysis) is 1. The van der Waals surface area contributed by atoms with Crippen LogP contribution in [0.5, 0.6) is 5.75 Å². The standard InChI is InChI=1S/C23H25N3O4/c24-14-21(17-9-6-10-18(27)13-17)25-22(28)19-11-4-5-12-20(19)26-23(29)30-15-16-7-2-1-3-8-16/h1-3,6-10,13,19-21,27H,4-5,11-12,15H2,(H,25,28)(H,26,29)/t19-,20-,21-/m1/s1. The Hall–Kier alpha value is -3.53. The molecule has 2 amide bonds. The predicted octanol–water partition coefficient (Wildman–Crippen LogP) is 3.56. The number of nitrogens with zero attached hydrogens (tertiary/aromatic N) is 1. The van der Waals surface area contributed by atoms with Gasteiger partial charge in [0.25, 0.3) is 0 Å². The minimum Gasteiger partial charge on any atom is -0.508 e. The predicted molar refractivity (Wildman–Crippen MR) is 110 cm³/mol. The molecule has 3 atom stereocenters. The molecule has 0 radical (unpaired) electrons. The number of nitriles is 1. The van der Waals surface area contributed by atoms with E-state index < -0.39 is 18.1 Å². The molecule has 0 heterocycles. The van der Waals surface area contributed by atoms with Crippen molar-refractivity contribution in [2.24, 2.45) is 5.92 Å². The molecule has 30 heavy (non-hydrogen) atoms. The summed E-state index contributed by atoms with van der Waals surface area (Å²) in [6, 6.07) is 16.4. The number of carbonyl (C=O) groups is 2. The fourth-order valence-electron chi connectivity index (χ4n) is 3.68. The van der Waals surface area contributed by atoms with Crippen molar-refractivity contribution in [2.75, 3.05) is 0 Å². The Kier molecular flexibility index (Phi) is 7.28. The van der Waals surface area contributed by atoms with Crippen molar-refractivity contribution in [1.29, 1.82) is 5.26 Å². The summed E-state index contributed by atoms with van der Waals surface area (Å²) in [5, 5.41) is 24.7. The summed E-state index contributed by atoms with van der Waals surface area (Å²) in [6.45, 7) is 0.157. The number of benzene rings is 2. The molecule has 0 spiro atoms. The summed E-state index contributed by atoms with van der Waals surface area (Å²) in [6.07, 6.45) is 2.50. The molecule has 1 saturated carbocycles. The highest BCUT2D eigenvalue weighted by Gasteiger charge is 2.33. The number of ether oxygens (including phenoxy) is 1. The molecule has 1 fully saturated rings. The van der Waals surface area contributed by atoms with Gasteiger partial charge in [-0.15, -0.1) is 0 Å². The normalized spacial score (nSPS) is 19.2. The van der Waals surface area contributed by atoms with Gasteiger partial charge in [0, 0.05) is 6.04 Å². The van der Waals surface area contributed by atoms with Gasteiger partial charge in [-0.25, -0.2) is 4.79 Å². The van der Waals surface area contributed by atoms with Crippen molar-refractivity contribution in [3.05, 3.63) is 65.7 Å². The minimum atomic E-state index is -0.878. The number of phenols is 1. The molecule has 3 N–H and O–H groups in total. The molecule has 1 aliphatic carbocycles. The Bertz CT molecular complexity index is 910. The lowest BCUT2D eigenvalue weighted by Crippen LogP contribution is -2.49. The van der Waals surface area contributed by atoms with E-state index in [1.165, 1.54) is 12.1 Å². The Labute approximate surface area is 175 Å². The maximum Gasteiger partial charge on any atom is 0.407 e. The monoisotopic (exact) mass is 407 g/mol. The van der Waals surface area contributed by atoms with E-state index in [0.29, 0.717) is 18.4 Å². The summed E-state index contributed by atoms with van der Waals surface area (Å²) < 4.78 is 5.28. The lowest BCUT2D eigenvalue weighted by molar-refractivity contribution is -0.127. The van der Waals surface area contributed by atoms with E-state index >= 15 is 0 Å². The first kappa shape index (κ1) is 21.2. The van der Waals surface area contributed by atoms with Crippen molar-refractivity contribution in [3.63, 3.8) is 0 Å². The van der Waals surface area contributed by atoms with Crippen molar-refractivity contribution in [2.45, 2.75) is 44.4 Å². The van der Waals surface area contributed by atoms with Crippen LogP contribution in [0.3, 0.4) is 0 Å². The zero-order valence-electron chi connectivity index (χ0n) is 16.6. The van der Waals surface area contributed by atoms with Gasteiger partial charge in [-0.05, 0) is 36.1 Å². The molecule has 3 rings (SSSR count). The second kappa shape index (κ2) is 10.3. The highest BCUT2D eigenvalue weighted by atomic mass is 16.5. The maximum absolute atomic E-state index is 12.9. The van der Waals surface area contributed by atoms with Crippen LogP contribution < -0.4 is 10.6 Å². The first-order valence-corrected chi connectivity index (χ1v) is 10.0. The van der Waals surface area contributed by atoms with Crippen LogP contribution in [-0.4, -0.2) is 23.1 Å². The zero-order chi connectivity index (χ0) is 21.3. The number of amides is 2. The molecular formula is C23H25N3O4. The van der Waals surface area contributed by atoms with E-state index in [0.717, 1.165) is 18.4 Å². The molecule has 2 aromatic carbocycles. The highest BCUT2D eigenvalue weighted by molar-refractivity contribution is 5.81. The Morgan fingerprint density at radius 1 is 1.13 bits per heavy atom. The number of nitrogens with one attached hydrogen (secondary N) is 2. The third-order valence-electron chi connectivity index (χ3n) is 5.24. The van der Waals surface area contributed by atoms with Crippen LogP contribution in [-0.2, 0) is 16.1 Å². The molecule has 0 bridgehead atoms. The Balaban J connectivity index is 1.59. The van der Waals surface area contributed by atoms with Gasteiger partial charge in [0.15, 0.2) is 0 Å². The van der Waals surface area contributed by atoms with Gasteiger partial charge in [0.05, 0.1) is 12.0 Å². The van der Waals surface area contributed by atoms with E-state index in [-0.39, 0.29) is 24.3 Å². The number of hydrogen-bond donors (Lipinski definition) is 3. The maximum atomic E-state index is 12.9. The molecule has 7 nitrogen and oxygen atoms in total. The van der Waals surface area contributed by atoms with Gasteiger partial charge < -0.3 is 20.5 Å².